The van der Waals surface area contributed by atoms with Gasteiger partial charge in [0.1, 0.15) is 11.6 Å². The van der Waals surface area contributed by atoms with Crippen molar-refractivity contribution in [2.75, 3.05) is 0 Å². The molecule has 0 aliphatic heterocycles. The first kappa shape index (κ1) is 17.1. The van der Waals surface area contributed by atoms with Crippen molar-refractivity contribution >= 4 is 17.8 Å². The predicted octanol–water partition coefficient (Wildman–Crippen LogP) is 1.49. The molecule has 0 saturated carbocycles. The second kappa shape index (κ2) is 7.15. The molecule has 0 radical (unpaired) electrons. The van der Waals surface area contributed by atoms with E-state index in [2.05, 4.69) is 4.99 Å². The van der Waals surface area contributed by atoms with Crippen LogP contribution in [-0.4, -0.2) is 21.1 Å². The van der Waals surface area contributed by atoms with Crippen LogP contribution in [0.15, 0.2) is 14.6 Å². The van der Waals surface area contributed by atoms with E-state index in [4.69, 9.17) is 0 Å². The fourth-order valence-corrected chi connectivity index (χ4v) is 2.13. The van der Waals surface area contributed by atoms with Gasteiger partial charge >= 0.3 is 5.69 Å². The Morgan fingerprint density at radius 2 is 1.90 bits per heavy atom. The van der Waals surface area contributed by atoms with E-state index < -0.39 is 5.69 Å². The van der Waals surface area contributed by atoms with E-state index in [0.717, 1.165) is 17.4 Å². The molecule has 6 heteroatoms. The van der Waals surface area contributed by atoms with E-state index in [9.17, 15) is 14.4 Å². The Kier molecular flexibility index (Phi) is 5.81. The van der Waals surface area contributed by atoms with Gasteiger partial charge in [0.05, 0.1) is 5.56 Å². The Bertz CT molecular complexity index is 631. The molecule has 0 aliphatic rings. The second-order valence-corrected chi connectivity index (χ2v) is 5.34. The molecule has 0 spiro atoms. The predicted molar refractivity (Wildman–Crippen MR) is 83.5 cm³/mol. The lowest BCUT2D eigenvalue weighted by atomic mass is 10.0. The Morgan fingerprint density at radius 3 is 2.43 bits per heavy atom. The third-order valence-electron chi connectivity index (χ3n) is 3.65. The van der Waals surface area contributed by atoms with Gasteiger partial charge in [-0.1, -0.05) is 6.92 Å². The first-order chi connectivity index (χ1) is 9.79. The lowest BCUT2D eigenvalue weighted by Crippen LogP contribution is -2.38. The van der Waals surface area contributed by atoms with Gasteiger partial charge in [0.15, 0.2) is 0 Å². The molecule has 0 saturated heterocycles. The molecule has 0 amide bonds. The summed E-state index contributed by atoms with van der Waals surface area (Å²) in [6.07, 6.45) is 3.84. The molecule has 1 aromatic rings. The quantitative estimate of drug-likeness (QED) is 0.746. The van der Waals surface area contributed by atoms with Crippen molar-refractivity contribution in [1.29, 1.82) is 0 Å². The Morgan fingerprint density at radius 1 is 1.29 bits per heavy atom. The summed E-state index contributed by atoms with van der Waals surface area (Å²) in [5.41, 5.74) is -0.283. The molecule has 1 atom stereocenters. The average Bonchev–Trinajstić information content (AvgIpc) is 2.45. The molecule has 21 heavy (non-hydrogen) atoms. The summed E-state index contributed by atoms with van der Waals surface area (Å²) >= 11 is 0. The average molecular weight is 293 g/mol. The van der Waals surface area contributed by atoms with Crippen molar-refractivity contribution in [1.82, 2.24) is 9.13 Å². The first-order valence-electron chi connectivity index (χ1n) is 7.09. The van der Waals surface area contributed by atoms with Gasteiger partial charge in [-0.25, -0.2) is 9.79 Å². The van der Waals surface area contributed by atoms with Crippen LogP contribution in [-0.2, 0) is 18.9 Å². The van der Waals surface area contributed by atoms with Crippen LogP contribution in [0.25, 0.3) is 0 Å². The molecular weight excluding hydrogens is 270 g/mol. The minimum Gasteiger partial charge on any atom is -0.300 e. The second-order valence-electron chi connectivity index (χ2n) is 5.34. The molecule has 116 valence electrons. The van der Waals surface area contributed by atoms with Crippen LogP contribution in [0, 0.1) is 12.8 Å². The summed E-state index contributed by atoms with van der Waals surface area (Å²) in [6, 6.07) is 0. The Hall–Kier alpha value is -1.98. The highest BCUT2D eigenvalue weighted by Gasteiger charge is 2.11. The van der Waals surface area contributed by atoms with Crippen molar-refractivity contribution in [3.8, 4) is 0 Å². The normalized spacial score (nSPS) is 12.8. The van der Waals surface area contributed by atoms with E-state index in [0.29, 0.717) is 17.8 Å². The van der Waals surface area contributed by atoms with E-state index in [1.165, 1.54) is 11.6 Å². The van der Waals surface area contributed by atoms with Crippen LogP contribution in [0.1, 0.15) is 38.7 Å². The zero-order chi connectivity index (χ0) is 16.2. The summed E-state index contributed by atoms with van der Waals surface area (Å²) in [7, 11) is 3.05. The smallest absolute Gasteiger partial charge is 0.300 e. The van der Waals surface area contributed by atoms with Gasteiger partial charge in [0.2, 0.25) is 0 Å². The number of carbonyl (C=O) groups excluding carboxylic acids is 1. The lowest BCUT2D eigenvalue weighted by molar-refractivity contribution is -0.117. The van der Waals surface area contributed by atoms with Crippen molar-refractivity contribution < 1.29 is 4.79 Å². The molecule has 0 aliphatic carbocycles. The molecule has 0 fully saturated rings. The summed E-state index contributed by atoms with van der Waals surface area (Å²) < 4.78 is 2.44. The SMILES string of the molecule is CCC(C=Nc1c(C)c(=O)n(C)c(=O)n1C)CCC(C)=O. The molecule has 0 N–H and O–H groups in total. The standard InChI is InChI=1S/C15H23N3O3/c1-6-12(8-7-10(2)19)9-16-13-11(3)14(20)18(5)15(21)17(13)4/h9,12H,6-8H2,1-5H3. The highest BCUT2D eigenvalue weighted by atomic mass is 16.2. The third kappa shape index (κ3) is 4.00. The number of ketones is 1. The van der Waals surface area contributed by atoms with Gasteiger partial charge in [0, 0.05) is 26.7 Å². The van der Waals surface area contributed by atoms with E-state index in [1.54, 1.807) is 27.1 Å². The van der Waals surface area contributed by atoms with Crippen molar-refractivity contribution in [2.24, 2.45) is 25.0 Å². The first-order valence-corrected chi connectivity index (χ1v) is 7.09. The topological polar surface area (TPSA) is 73.4 Å². The van der Waals surface area contributed by atoms with Gasteiger partial charge < -0.3 is 4.79 Å². The van der Waals surface area contributed by atoms with Gasteiger partial charge in [-0.05, 0) is 32.6 Å². The molecule has 0 aromatic carbocycles. The van der Waals surface area contributed by atoms with Crippen LogP contribution in [0.4, 0.5) is 5.82 Å². The van der Waals surface area contributed by atoms with Crippen molar-refractivity contribution in [3.63, 3.8) is 0 Å². The Labute approximate surface area is 124 Å². The zero-order valence-electron chi connectivity index (χ0n) is 13.3. The van der Waals surface area contributed by atoms with E-state index >= 15 is 0 Å². The number of hydrogen-bond donors (Lipinski definition) is 0. The van der Waals surface area contributed by atoms with Gasteiger partial charge in [-0.3, -0.25) is 13.9 Å². The number of aliphatic imine (C=N–C) groups is 1. The highest BCUT2D eigenvalue weighted by Crippen LogP contribution is 2.14. The maximum atomic E-state index is 11.9. The van der Waals surface area contributed by atoms with Gasteiger partial charge in [-0.2, -0.15) is 0 Å². The van der Waals surface area contributed by atoms with Crippen LogP contribution in [0.3, 0.4) is 0 Å². The largest absolute Gasteiger partial charge is 0.332 e. The molecule has 0 bridgehead atoms. The number of aromatic nitrogens is 2. The Balaban J connectivity index is 3.12. The summed E-state index contributed by atoms with van der Waals surface area (Å²) in [4.78, 5) is 39.2. The number of Topliss-reactive ketones (excluding diaryl/α,β-unsaturated/α-hetero) is 1. The van der Waals surface area contributed by atoms with Crippen molar-refractivity contribution in [3.05, 3.63) is 26.4 Å². The molecule has 1 unspecified atom stereocenters. The van der Waals surface area contributed by atoms with Crippen LogP contribution >= 0.6 is 0 Å². The summed E-state index contributed by atoms with van der Waals surface area (Å²) in [5, 5.41) is 0. The van der Waals surface area contributed by atoms with Crippen LogP contribution in [0.5, 0.6) is 0 Å². The minimum atomic E-state index is -0.394. The summed E-state index contributed by atoms with van der Waals surface area (Å²) in [5.74, 6) is 0.691. The molecule has 6 nitrogen and oxygen atoms in total. The van der Waals surface area contributed by atoms with E-state index in [1.807, 2.05) is 6.92 Å². The van der Waals surface area contributed by atoms with Crippen molar-refractivity contribution in [2.45, 2.75) is 40.0 Å². The number of rotatable bonds is 6. The van der Waals surface area contributed by atoms with Gasteiger partial charge in [-0.15, -0.1) is 0 Å². The number of hydrogen-bond acceptors (Lipinski definition) is 4. The summed E-state index contributed by atoms with van der Waals surface area (Å²) in [6.45, 7) is 5.25. The molecular formula is C15H23N3O3. The number of nitrogens with zero attached hydrogens (tertiary/aromatic N) is 3. The fraction of sp³-hybridized carbons (Fsp3) is 0.600. The maximum Gasteiger partial charge on any atom is 0.332 e. The van der Waals surface area contributed by atoms with Crippen LogP contribution in [0.2, 0.25) is 0 Å². The highest BCUT2D eigenvalue weighted by molar-refractivity contribution is 5.76. The minimum absolute atomic E-state index is 0.152. The maximum absolute atomic E-state index is 11.9. The lowest BCUT2D eigenvalue weighted by Gasteiger charge is -2.11. The van der Waals surface area contributed by atoms with Gasteiger partial charge in [0.25, 0.3) is 5.56 Å². The zero-order valence-corrected chi connectivity index (χ0v) is 13.3. The van der Waals surface area contributed by atoms with E-state index in [-0.39, 0.29) is 17.3 Å². The monoisotopic (exact) mass is 293 g/mol. The molecule has 1 rings (SSSR count). The third-order valence-corrected chi connectivity index (χ3v) is 3.65. The number of carbonyl (C=O) groups is 1. The fourth-order valence-electron chi connectivity index (χ4n) is 2.13. The molecule has 1 heterocycles. The van der Waals surface area contributed by atoms with Crippen LogP contribution < -0.4 is 11.2 Å². The molecule has 1 aromatic heterocycles.